The lowest BCUT2D eigenvalue weighted by molar-refractivity contribution is 0.0942. The minimum absolute atomic E-state index is 0. The van der Waals surface area contributed by atoms with Gasteiger partial charge in [-0.05, 0) is 43.5 Å². The van der Waals surface area contributed by atoms with E-state index in [9.17, 15) is 5.11 Å². The van der Waals surface area contributed by atoms with Crippen molar-refractivity contribution in [3.63, 3.8) is 0 Å². The second-order valence-corrected chi connectivity index (χ2v) is 9.85. The summed E-state index contributed by atoms with van der Waals surface area (Å²) in [5, 5.41) is 16.4. The van der Waals surface area contributed by atoms with Crippen LogP contribution in [0.25, 0.3) is 10.8 Å². The van der Waals surface area contributed by atoms with Crippen molar-refractivity contribution in [2.75, 3.05) is 26.7 Å². The quantitative estimate of drug-likeness (QED) is 0.227. The van der Waals surface area contributed by atoms with E-state index in [0.29, 0.717) is 6.54 Å². The molecule has 4 aromatic rings. The average molecular weight is 542 g/mol. The van der Waals surface area contributed by atoms with E-state index in [1.807, 2.05) is 30.3 Å². The number of ether oxygens (including phenoxy) is 1. The molecule has 1 unspecified atom stereocenters. The van der Waals surface area contributed by atoms with Gasteiger partial charge in [-0.15, -0.1) is 24.8 Å². The standard InChI is InChI=1S/C31H36N2O2.2ClH/c1-31(2,23-33(3)30(25-14-6-4-7-15-25)26-16-8-5-9-17-26)32-21-27(34)22-35-29-20-12-18-24-13-10-11-19-28(24)29;;/h4-20,27,30,32,34H,21-23H2,1-3H3;2*1H. The molecule has 0 aliphatic heterocycles. The molecule has 4 nitrogen and oxygen atoms in total. The van der Waals surface area contributed by atoms with E-state index in [4.69, 9.17) is 4.74 Å². The van der Waals surface area contributed by atoms with Gasteiger partial charge in [-0.2, -0.15) is 0 Å². The molecule has 0 aliphatic carbocycles. The van der Waals surface area contributed by atoms with E-state index in [-0.39, 0.29) is 43.0 Å². The Morgan fingerprint density at radius 3 is 1.95 bits per heavy atom. The second-order valence-electron chi connectivity index (χ2n) is 9.85. The molecule has 0 saturated carbocycles. The molecule has 1 atom stereocenters. The van der Waals surface area contributed by atoms with Crippen LogP contribution in [0.2, 0.25) is 0 Å². The van der Waals surface area contributed by atoms with Crippen molar-refractivity contribution in [3.8, 4) is 5.75 Å². The monoisotopic (exact) mass is 540 g/mol. The number of nitrogens with one attached hydrogen (secondary N) is 1. The predicted molar refractivity (Wildman–Crippen MR) is 159 cm³/mol. The Balaban J connectivity index is 0.00000241. The van der Waals surface area contributed by atoms with Crippen molar-refractivity contribution in [1.29, 1.82) is 0 Å². The van der Waals surface area contributed by atoms with Crippen LogP contribution in [0.5, 0.6) is 5.75 Å². The summed E-state index contributed by atoms with van der Waals surface area (Å²) in [7, 11) is 2.16. The third-order valence-corrected chi connectivity index (χ3v) is 6.31. The lowest BCUT2D eigenvalue weighted by Gasteiger charge is -2.37. The van der Waals surface area contributed by atoms with Crippen molar-refractivity contribution in [3.05, 3.63) is 114 Å². The predicted octanol–water partition coefficient (Wildman–Crippen LogP) is 6.51. The molecule has 0 heterocycles. The number of hydrogen-bond acceptors (Lipinski definition) is 4. The van der Waals surface area contributed by atoms with Crippen LogP contribution in [0.4, 0.5) is 0 Å². The molecule has 0 aliphatic rings. The number of aliphatic hydroxyl groups is 1. The van der Waals surface area contributed by atoms with E-state index in [1.54, 1.807) is 0 Å². The minimum atomic E-state index is -0.613. The van der Waals surface area contributed by atoms with Crippen LogP contribution in [0, 0.1) is 0 Å². The maximum atomic E-state index is 10.6. The molecule has 0 fully saturated rings. The maximum Gasteiger partial charge on any atom is 0.127 e. The van der Waals surface area contributed by atoms with Gasteiger partial charge in [0.15, 0.2) is 0 Å². The Morgan fingerprint density at radius 1 is 0.784 bits per heavy atom. The Kier molecular flexibility index (Phi) is 11.9. The number of fused-ring (bicyclic) bond motifs is 1. The van der Waals surface area contributed by atoms with Gasteiger partial charge in [-0.1, -0.05) is 97.1 Å². The molecule has 2 N–H and O–H groups in total. The van der Waals surface area contributed by atoms with E-state index in [1.165, 1.54) is 11.1 Å². The maximum absolute atomic E-state index is 10.6. The molecule has 4 rings (SSSR count). The highest BCUT2D eigenvalue weighted by Gasteiger charge is 2.26. The summed E-state index contributed by atoms with van der Waals surface area (Å²) in [6.07, 6.45) is -0.613. The molecule has 0 spiro atoms. The Morgan fingerprint density at radius 2 is 1.32 bits per heavy atom. The summed E-state index contributed by atoms with van der Waals surface area (Å²) in [5.74, 6) is 0.801. The summed E-state index contributed by atoms with van der Waals surface area (Å²) >= 11 is 0. The smallest absolute Gasteiger partial charge is 0.127 e. The third kappa shape index (κ3) is 8.46. The average Bonchev–Trinajstić information content (AvgIpc) is 2.87. The summed E-state index contributed by atoms with van der Waals surface area (Å²) in [4.78, 5) is 2.37. The number of likely N-dealkylation sites (N-methyl/N-ethyl adjacent to an activating group) is 1. The minimum Gasteiger partial charge on any atom is -0.490 e. The van der Waals surface area contributed by atoms with E-state index in [0.717, 1.165) is 23.1 Å². The molecule has 0 bridgehead atoms. The van der Waals surface area contributed by atoms with Gasteiger partial charge in [-0.3, -0.25) is 4.90 Å². The van der Waals surface area contributed by atoms with Gasteiger partial charge in [0.2, 0.25) is 0 Å². The van der Waals surface area contributed by atoms with Gasteiger partial charge < -0.3 is 15.2 Å². The first-order chi connectivity index (χ1) is 16.9. The highest BCUT2D eigenvalue weighted by Crippen LogP contribution is 2.29. The second kappa shape index (κ2) is 14.4. The summed E-state index contributed by atoms with van der Waals surface area (Å²) < 4.78 is 5.98. The fraction of sp³-hybridized carbons (Fsp3) is 0.290. The number of halogens is 2. The zero-order valence-corrected chi connectivity index (χ0v) is 23.3. The van der Waals surface area contributed by atoms with Gasteiger partial charge in [0.05, 0.1) is 6.04 Å². The molecule has 0 saturated heterocycles. The molecule has 37 heavy (non-hydrogen) atoms. The summed E-state index contributed by atoms with van der Waals surface area (Å²) in [5.41, 5.74) is 2.32. The first kappa shape index (κ1) is 30.6. The molecule has 4 aromatic carbocycles. The molecule has 198 valence electrons. The number of hydrogen-bond donors (Lipinski definition) is 2. The van der Waals surface area contributed by atoms with Crippen LogP contribution in [-0.4, -0.2) is 48.4 Å². The topological polar surface area (TPSA) is 44.7 Å². The SMILES string of the molecule is CN(CC(C)(C)NCC(O)COc1cccc2ccccc12)C(c1ccccc1)c1ccccc1.Cl.Cl. The van der Waals surface area contributed by atoms with Crippen molar-refractivity contribution >= 4 is 35.6 Å². The third-order valence-electron chi connectivity index (χ3n) is 6.31. The van der Waals surface area contributed by atoms with E-state index in [2.05, 4.69) is 104 Å². The highest BCUT2D eigenvalue weighted by atomic mass is 35.5. The summed E-state index contributed by atoms with van der Waals surface area (Å²) in [6, 6.07) is 35.5. The van der Waals surface area contributed by atoms with Crippen LogP contribution < -0.4 is 10.1 Å². The van der Waals surface area contributed by atoms with Gasteiger partial charge >= 0.3 is 0 Å². The van der Waals surface area contributed by atoms with Crippen molar-refractivity contribution < 1.29 is 9.84 Å². The Bertz CT molecular complexity index is 1160. The number of rotatable bonds is 11. The van der Waals surface area contributed by atoms with Crippen LogP contribution in [-0.2, 0) is 0 Å². The number of β-amino-alcohol motifs (C(OH)–C–C–N with tert-alkyl or cyclic N) is 1. The molecule has 0 aromatic heterocycles. The lowest BCUT2D eigenvalue weighted by atomic mass is 9.95. The molecular formula is C31H38Cl2N2O2. The molecule has 0 radical (unpaired) electrons. The largest absolute Gasteiger partial charge is 0.490 e. The van der Waals surface area contributed by atoms with Crippen molar-refractivity contribution in [2.45, 2.75) is 31.5 Å². The van der Waals surface area contributed by atoms with Crippen LogP contribution in [0.15, 0.2) is 103 Å². The number of aliphatic hydroxyl groups excluding tert-OH is 1. The van der Waals surface area contributed by atoms with E-state index < -0.39 is 6.10 Å². The first-order valence-corrected chi connectivity index (χ1v) is 12.3. The Labute approximate surface area is 233 Å². The highest BCUT2D eigenvalue weighted by molar-refractivity contribution is 5.88. The fourth-order valence-electron chi connectivity index (χ4n) is 4.70. The zero-order valence-electron chi connectivity index (χ0n) is 21.7. The summed E-state index contributed by atoms with van der Waals surface area (Å²) in [6.45, 7) is 5.85. The van der Waals surface area contributed by atoms with Gasteiger partial charge in [0, 0.05) is 24.0 Å². The fourth-order valence-corrected chi connectivity index (χ4v) is 4.70. The lowest BCUT2D eigenvalue weighted by Crippen LogP contribution is -2.51. The molecule has 6 heteroatoms. The van der Waals surface area contributed by atoms with Gasteiger partial charge in [0.25, 0.3) is 0 Å². The van der Waals surface area contributed by atoms with Gasteiger partial charge in [0.1, 0.15) is 18.5 Å². The van der Waals surface area contributed by atoms with Crippen LogP contribution in [0.1, 0.15) is 31.0 Å². The number of benzene rings is 4. The van der Waals surface area contributed by atoms with Crippen molar-refractivity contribution in [2.24, 2.45) is 0 Å². The zero-order chi connectivity index (χ0) is 24.7. The normalized spacial score (nSPS) is 12.2. The van der Waals surface area contributed by atoms with Crippen LogP contribution >= 0.6 is 24.8 Å². The first-order valence-electron chi connectivity index (χ1n) is 12.3. The molecular weight excluding hydrogens is 503 g/mol. The number of nitrogens with zero attached hydrogens (tertiary/aromatic N) is 1. The molecule has 0 amide bonds. The van der Waals surface area contributed by atoms with Crippen molar-refractivity contribution in [1.82, 2.24) is 10.2 Å². The Hall–Kier alpha value is -2.60. The van der Waals surface area contributed by atoms with E-state index >= 15 is 0 Å². The van der Waals surface area contributed by atoms with Crippen LogP contribution in [0.3, 0.4) is 0 Å². The van der Waals surface area contributed by atoms with Gasteiger partial charge in [-0.25, -0.2) is 0 Å².